The molecule has 2 unspecified atom stereocenters. The summed E-state index contributed by atoms with van der Waals surface area (Å²) in [6.07, 6.45) is 5.53. The van der Waals surface area contributed by atoms with Gasteiger partial charge in [-0.3, -0.25) is 9.97 Å². The summed E-state index contributed by atoms with van der Waals surface area (Å²) in [6.45, 7) is 1.93. The molecule has 2 atom stereocenters. The highest BCUT2D eigenvalue weighted by molar-refractivity contribution is 5.78. The van der Waals surface area contributed by atoms with Crippen LogP contribution in [0.4, 0.5) is 0 Å². The standard InChI is InChI=1S/C19H18N4O2/c1-3-16-14(10-20)17(18(19(24)25)23(16)2)13-6-4-12(5-7-13)15-11-21-8-9-22-15/h4-9,11,17-18H,3H2,1-2H3,(H,24,25). The van der Waals surface area contributed by atoms with Crippen LogP contribution in [-0.2, 0) is 4.79 Å². The Morgan fingerprint density at radius 1 is 1.32 bits per heavy atom. The van der Waals surface area contributed by atoms with Gasteiger partial charge < -0.3 is 10.0 Å². The van der Waals surface area contributed by atoms with Gasteiger partial charge in [0.15, 0.2) is 0 Å². The van der Waals surface area contributed by atoms with E-state index in [1.807, 2.05) is 31.2 Å². The van der Waals surface area contributed by atoms with E-state index in [9.17, 15) is 15.2 Å². The summed E-state index contributed by atoms with van der Waals surface area (Å²) >= 11 is 0. The fourth-order valence-corrected chi connectivity index (χ4v) is 3.46. The minimum atomic E-state index is -0.929. The molecule has 1 aliphatic heterocycles. The molecule has 0 radical (unpaired) electrons. The molecule has 0 aliphatic carbocycles. The summed E-state index contributed by atoms with van der Waals surface area (Å²) in [5.74, 6) is -1.40. The fourth-order valence-electron chi connectivity index (χ4n) is 3.46. The van der Waals surface area contributed by atoms with Gasteiger partial charge in [0.05, 0.1) is 29.5 Å². The van der Waals surface area contributed by atoms with Gasteiger partial charge in [-0.05, 0) is 12.0 Å². The maximum absolute atomic E-state index is 11.8. The van der Waals surface area contributed by atoms with Gasteiger partial charge in [0.2, 0.25) is 0 Å². The molecule has 6 heteroatoms. The number of aliphatic carboxylic acids is 1. The quantitative estimate of drug-likeness (QED) is 0.924. The molecule has 6 nitrogen and oxygen atoms in total. The number of aromatic nitrogens is 2. The van der Waals surface area contributed by atoms with Gasteiger partial charge in [0.1, 0.15) is 6.04 Å². The zero-order valence-electron chi connectivity index (χ0n) is 14.0. The molecule has 0 saturated heterocycles. The highest BCUT2D eigenvalue weighted by Gasteiger charge is 2.43. The van der Waals surface area contributed by atoms with Gasteiger partial charge in [-0.25, -0.2) is 4.79 Å². The highest BCUT2D eigenvalue weighted by atomic mass is 16.4. The number of carboxylic acids is 1. The lowest BCUT2D eigenvalue weighted by Gasteiger charge is -2.25. The van der Waals surface area contributed by atoms with Crippen molar-refractivity contribution in [2.75, 3.05) is 7.05 Å². The molecule has 0 saturated carbocycles. The van der Waals surface area contributed by atoms with Gasteiger partial charge in [0, 0.05) is 30.7 Å². The van der Waals surface area contributed by atoms with Crippen molar-refractivity contribution in [2.24, 2.45) is 0 Å². The van der Waals surface area contributed by atoms with E-state index in [0.717, 1.165) is 22.5 Å². The van der Waals surface area contributed by atoms with Crippen molar-refractivity contribution in [1.29, 1.82) is 5.26 Å². The second kappa shape index (κ2) is 6.73. The Kier molecular flexibility index (Phi) is 4.48. The number of allylic oxidation sites excluding steroid dienone is 1. The molecule has 1 N–H and O–H groups in total. The van der Waals surface area contributed by atoms with Crippen molar-refractivity contribution in [1.82, 2.24) is 14.9 Å². The Labute approximate surface area is 146 Å². The third-order valence-electron chi connectivity index (χ3n) is 4.62. The minimum absolute atomic E-state index is 0.474. The van der Waals surface area contributed by atoms with Crippen LogP contribution in [-0.4, -0.2) is 39.0 Å². The SMILES string of the molecule is CCC1=C(C#N)C(c2ccc(-c3cnccn3)cc2)C(C(=O)O)N1C. The molecular weight excluding hydrogens is 316 g/mol. The summed E-state index contributed by atoms with van der Waals surface area (Å²) in [4.78, 5) is 21.8. The summed E-state index contributed by atoms with van der Waals surface area (Å²) in [7, 11) is 1.74. The van der Waals surface area contributed by atoms with Crippen molar-refractivity contribution in [3.8, 4) is 17.3 Å². The van der Waals surface area contributed by atoms with Crippen molar-refractivity contribution in [3.05, 3.63) is 59.7 Å². The van der Waals surface area contributed by atoms with E-state index in [4.69, 9.17) is 0 Å². The topological polar surface area (TPSA) is 90.1 Å². The van der Waals surface area contributed by atoms with Gasteiger partial charge in [0.25, 0.3) is 0 Å². The Morgan fingerprint density at radius 3 is 2.56 bits per heavy atom. The first-order chi connectivity index (χ1) is 12.1. The number of nitriles is 1. The first kappa shape index (κ1) is 16.7. The van der Waals surface area contributed by atoms with E-state index >= 15 is 0 Å². The van der Waals surface area contributed by atoms with Crippen molar-refractivity contribution in [3.63, 3.8) is 0 Å². The second-order valence-corrected chi connectivity index (χ2v) is 5.91. The van der Waals surface area contributed by atoms with Crippen LogP contribution in [0.1, 0.15) is 24.8 Å². The van der Waals surface area contributed by atoms with Gasteiger partial charge in [-0.1, -0.05) is 31.2 Å². The lowest BCUT2D eigenvalue weighted by Crippen LogP contribution is -2.37. The third kappa shape index (κ3) is 2.85. The average molecular weight is 334 g/mol. The van der Waals surface area contributed by atoms with Crippen LogP contribution in [0.15, 0.2) is 54.1 Å². The smallest absolute Gasteiger partial charge is 0.327 e. The van der Waals surface area contributed by atoms with E-state index in [-0.39, 0.29) is 0 Å². The van der Waals surface area contributed by atoms with Gasteiger partial charge in [-0.15, -0.1) is 0 Å². The van der Waals surface area contributed by atoms with Crippen LogP contribution in [0.25, 0.3) is 11.3 Å². The predicted octanol–water partition coefficient (Wildman–Crippen LogP) is 2.81. The molecule has 0 spiro atoms. The molecule has 0 amide bonds. The number of benzene rings is 1. The number of carboxylic acid groups (broad SMARTS) is 1. The van der Waals surface area contributed by atoms with Crippen molar-refractivity contribution >= 4 is 5.97 Å². The van der Waals surface area contributed by atoms with Crippen LogP contribution in [0.3, 0.4) is 0 Å². The molecule has 1 aromatic carbocycles. The number of rotatable bonds is 4. The molecule has 1 aliphatic rings. The molecule has 25 heavy (non-hydrogen) atoms. The Balaban J connectivity index is 2.03. The Hall–Kier alpha value is -3.20. The van der Waals surface area contributed by atoms with Crippen LogP contribution >= 0.6 is 0 Å². The van der Waals surface area contributed by atoms with Crippen LogP contribution < -0.4 is 0 Å². The van der Waals surface area contributed by atoms with Crippen molar-refractivity contribution in [2.45, 2.75) is 25.3 Å². The maximum Gasteiger partial charge on any atom is 0.327 e. The van der Waals surface area contributed by atoms with E-state index in [2.05, 4.69) is 16.0 Å². The Bertz CT molecular complexity index is 853. The number of carbonyl (C=O) groups is 1. The van der Waals surface area contributed by atoms with Crippen LogP contribution in [0.2, 0.25) is 0 Å². The lowest BCUT2D eigenvalue weighted by atomic mass is 9.86. The number of likely N-dealkylation sites (N-methyl/N-ethyl adjacent to an activating group) is 1. The normalized spacial score (nSPS) is 19.8. The monoisotopic (exact) mass is 334 g/mol. The zero-order valence-corrected chi connectivity index (χ0v) is 14.0. The number of nitrogens with zero attached hydrogens (tertiary/aromatic N) is 4. The second-order valence-electron chi connectivity index (χ2n) is 5.91. The number of hydrogen-bond donors (Lipinski definition) is 1. The maximum atomic E-state index is 11.8. The molecule has 0 fully saturated rings. The van der Waals surface area contributed by atoms with E-state index < -0.39 is 17.9 Å². The van der Waals surface area contributed by atoms with Gasteiger partial charge in [-0.2, -0.15) is 5.26 Å². The average Bonchev–Trinajstić information content (AvgIpc) is 2.94. The van der Waals surface area contributed by atoms with E-state index in [1.165, 1.54) is 0 Å². The fraction of sp³-hybridized carbons (Fsp3) is 0.263. The molecule has 0 bridgehead atoms. The molecular formula is C19H18N4O2. The van der Waals surface area contributed by atoms with Crippen molar-refractivity contribution < 1.29 is 9.90 Å². The molecule has 2 heterocycles. The summed E-state index contributed by atoms with van der Waals surface area (Å²) in [5.41, 5.74) is 3.78. The summed E-state index contributed by atoms with van der Waals surface area (Å²) < 4.78 is 0. The largest absolute Gasteiger partial charge is 0.480 e. The molecule has 126 valence electrons. The molecule has 3 rings (SSSR count). The van der Waals surface area contributed by atoms with Crippen LogP contribution in [0, 0.1) is 11.3 Å². The lowest BCUT2D eigenvalue weighted by molar-refractivity contribution is -0.142. The van der Waals surface area contributed by atoms with E-state index in [1.54, 1.807) is 30.5 Å². The highest BCUT2D eigenvalue weighted by Crippen LogP contribution is 2.41. The molecule has 2 aromatic rings. The number of hydrogen-bond acceptors (Lipinski definition) is 5. The summed E-state index contributed by atoms with van der Waals surface area (Å²) in [5, 5.41) is 19.3. The minimum Gasteiger partial charge on any atom is -0.480 e. The first-order valence-corrected chi connectivity index (χ1v) is 8.03. The van der Waals surface area contributed by atoms with Gasteiger partial charge >= 0.3 is 5.97 Å². The van der Waals surface area contributed by atoms with E-state index in [0.29, 0.717) is 12.0 Å². The first-order valence-electron chi connectivity index (χ1n) is 8.03. The zero-order chi connectivity index (χ0) is 18.0. The van der Waals surface area contributed by atoms with Crippen LogP contribution in [0.5, 0.6) is 0 Å². The predicted molar refractivity (Wildman–Crippen MR) is 92.3 cm³/mol. The third-order valence-corrected chi connectivity index (χ3v) is 4.62. The summed E-state index contributed by atoms with van der Waals surface area (Å²) in [6, 6.07) is 8.97. The Morgan fingerprint density at radius 2 is 2.04 bits per heavy atom. The molecule has 1 aromatic heterocycles.